The van der Waals surface area contributed by atoms with Crippen LogP contribution in [0.5, 0.6) is 0 Å². The van der Waals surface area contributed by atoms with E-state index in [0.29, 0.717) is 5.56 Å². The Morgan fingerprint density at radius 1 is 1.58 bits per heavy atom. The summed E-state index contributed by atoms with van der Waals surface area (Å²) in [7, 11) is 0. The van der Waals surface area contributed by atoms with Gasteiger partial charge in [0.2, 0.25) is 0 Å². The predicted molar refractivity (Wildman–Crippen MR) is 77.4 cm³/mol. The predicted octanol–water partition coefficient (Wildman–Crippen LogP) is 2.05. The third-order valence-corrected chi connectivity index (χ3v) is 3.58. The van der Waals surface area contributed by atoms with Gasteiger partial charge in [-0.1, -0.05) is 6.92 Å². The number of anilines is 1. The molecule has 1 aromatic rings. The largest absolute Gasteiger partial charge is 0.393 e. The lowest BCUT2D eigenvalue weighted by molar-refractivity contribution is -0.383. The molecule has 1 aromatic carbocycles. The number of nitro groups is 1. The van der Waals surface area contributed by atoms with Gasteiger partial charge in [-0.25, -0.2) is 0 Å². The Labute approximate surface area is 115 Å². The summed E-state index contributed by atoms with van der Waals surface area (Å²) in [6.07, 6.45) is 0. The number of amides is 1. The maximum atomic E-state index is 11.9. The van der Waals surface area contributed by atoms with E-state index in [4.69, 9.17) is 5.73 Å². The molecule has 0 aliphatic rings. The van der Waals surface area contributed by atoms with E-state index in [0.717, 1.165) is 11.5 Å². The number of rotatable bonds is 6. The number of nitro benzene ring substituents is 1. The Hall–Kier alpha value is -1.76. The summed E-state index contributed by atoms with van der Waals surface area (Å²) in [5, 5.41) is 13.4. The van der Waals surface area contributed by atoms with Gasteiger partial charge in [0.1, 0.15) is 5.69 Å². The van der Waals surface area contributed by atoms with E-state index in [2.05, 4.69) is 12.2 Å². The van der Waals surface area contributed by atoms with E-state index in [1.54, 1.807) is 11.8 Å². The average molecular weight is 283 g/mol. The summed E-state index contributed by atoms with van der Waals surface area (Å²) in [6.45, 7) is 3.96. The molecule has 0 aliphatic carbocycles. The molecule has 0 saturated carbocycles. The molecule has 0 saturated heterocycles. The van der Waals surface area contributed by atoms with Crippen LogP contribution >= 0.6 is 11.8 Å². The number of hydrogen-bond donors (Lipinski definition) is 2. The Balaban J connectivity index is 2.72. The number of benzene rings is 1. The van der Waals surface area contributed by atoms with Crippen molar-refractivity contribution < 1.29 is 9.72 Å². The summed E-state index contributed by atoms with van der Waals surface area (Å²) >= 11 is 1.73. The number of nitrogen functional groups attached to an aromatic ring is 1. The van der Waals surface area contributed by atoms with E-state index < -0.39 is 4.92 Å². The standard InChI is InChI=1S/C12H17N3O3S/c1-3-19-7-8(2)14-12(16)9-4-5-11(15(17)18)10(13)6-9/h4-6,8H,3,7,13H2,1-2H3,(H,14,16). The SMILES string of the molecule is CCSCC(C)NC(=O)c1ccc([N+](=O)[O-])c(N)c1. The smallest absolute Gasteiger partial charge is 0.292 e. The molecule has 1 atom stereocenters. The van der Waals surface area contributed by atoms with E-state index in [-0.39, 0.29) is 23.3 Å². The molecule has 0 bridgehead atoms. The highest BCUT2D eigenvalue weighted by atomic mass is 32.2. The lowest BCUT2D eigenvalue weighted by Gasteiger charge is -2.13. The Morgan fingerprint density at radius 3 is 2.79 bits per heavy atom. The monoisotopic (exact) mass is 283 g/mol. The molecule has 0 heterocycles. The van der Waals surface area contributed by atoms with E-state index in [1.165, 1.54) is 18.2 Å². The second kappa shape index (κ2) is 6.98. The van der Waals surface area contributed by atoms with Crippen molar-refractivity contribution in [2.75, 3.05) is 17.2 Å². The summed E-state index contributed by atoms with van der Waals surface area (Å²) in [5.41, 5.74) is 5.68. The van der Waals surface area contributed by atoms with Crippen LogP contribution < -0.4 is 11.1 Å². The van der Waals surface area contributed by atoms with Gasteiger partial charge in [-0.3, -0.25) is 14.9 Å². The van der Waals surface area contributed by atoms with Crippen LogP contribution in [0.25, 0.3) is 0 Å². The minimum absolute atomic E-state index is 0.00626. The maximum Gasteiger partial charge on any atom is 0.292 e. The van der Waals surface area contributed by atoms with Gasteiger partial charge >= 0.3 is 0 Å². The summed E-state index contributed by atoms with van der Waals surface area (Å²) in [4.78, 5) is 22.0. The molecule has 104 valence electrons. The number of nitrogens with two attached hydrogens (primary N) is 1. The molecule has 0 spiro atoms. The molecule has 1 rings (SSSR count). The van der Waals surface area contributed by atoms with Crippen LogP contribution in [0, 0.1) is 10.1 Å². The van der Waals surface area contributed by atoms with Crippen LogP contribution in [0.15, 0.2) is 18.2 Å². The summed E-state index contributed by atoms with van der Waals surface area (Å²) in [5.74, 6) is 1.54. The van der Waals surface area contributed by atoms with Gasteiger partial charge in [0.15, 0.2) is 0 Å². The van der Waals surface area contributed by atoms with Crippen LogP contribution in [0.3, 0.4) is 0 Å². The van der Waals surface area contributed by atoms with Gasteiger partial charge in [-0.15, -0.1) is 0 Å². The molecule has 0 fully saturated rings. The quantitative estimate of drug-likeness (QED) is 0.473. The fraction of sp³-hybridized carbons (Fsp3) is 0.417. The zero-order valence-corrected chi connectivity index (χ0v) is 11.7. The lowest BCUT2D eigenvalue weighted by atomic mass is 10.1. The van der Waals surface area contributed by atoms with Crippen LogP contribution in [-0.2, 0) is 0 Å². The zero-order valence-electron chi connectivity index (χ0n) is 10.9. The molecular weight excluding hydrogens is 266 g/mol. The Morgan fingerprint density at radius 2 is 2.26 bits per heavy atom. The Kier molecular flexibility index (Phi) is 5.62. The molecule has 0 radical (unpaired) electrons. The van der Waals surface area contributed by atoms with E-state index in [9.17, 15) is 14.9 Å². The van der Waals surface area contributed by atoms with Crippen molar-refractivity contribution in [2.24, 2.45) is 0 Å². The molecule has 1 unspecified atom stereocenters. The number of carbonyl (C=O) groups excluding carboxylic acids is 1. The van der Waals surface area contributed by atoms with Gasteiger partial charge in [0, 0.05) is 23.4 Å². The van der Waals surface area contributed by atoms with Crippen molar-refractivity contribution in [3.63, 3.8) is 0 Å². The third kappa shape index (κ3) is 4.44. The van der Waals surface area contributed by atoms with Crippen molar-refractivity contribution >= 4 is 29.0 Å². The maximum absolute atomic E-state index is 11.9. The van der Waals surface area contributed by atoms with Crippen molar-refractivity contribution in [3.05, 3.63) is 33.9 Å². The van der Waals surface area contributed by atoms with Crippen molar-refractivity contribution in [1.29, 1.82) is 0 Å². The molecule has 3 N–H and O–H groups in total. The van der Waals surface area contributed by atoms with Gasteiger partial charge in [0.05, 0.1) is 4.92 Å². The molecule has 0 aliphatic heterocycles. The van der Waals surface area contributed by atoms with E-state index in [1.807, 2.05) is 6.92 Å². The first-order valence-electron chi connectivity index (χ1n) is 5.88. The van der Waals surface area contributed by atoms with Crippen LogP contribution in [0.2, 0.25) is 0 Å². The van der Waals surface area contributed by atoms with Gasteiger partial charge < -0.3 is 11.1 Å². The average Bonchev–Trinajstić information content (AvgIpc) is 2.35. The van der Waals surface area contributed by atoms with Gasteiger partial charge in [0.25, 0.3) is 11.6 Å². The van der Waals surface area contributed by atoms with Crippen LogP contribution in [0.1, 0.15) is 24.2 Å². The first-order chi connectivity index (χ1) is 8.95. The highest BCUT2D eigenvalue weighted by molar-refractivity contribution is 7.99. The number of nitrogens with zero attached hydrogens (tertiary/aromatic N) is 1. The van der Waals surface area contributed by atoms with Crippen molar-refractivity contribution in [3.8, 4) is 0 Å². The summed E-state index contributed by atoms with van der Waals surface area (Å²) < 4.78 is 0. The van der Waals surface area contributed by atoms with Gasteiger partial charge in [-0.05, 0) is 24.8 Å². The normalized spacial score (nSPS) is 11.9. The second-order valence-electron chi connectivity index (χ2n) is 4.06. The Bertz CT molecular complexity index is 479. The lowest BCUT2D eigenvalue weighted by Crippen LogP contribution is -2.34. The second-order valence-corrected chi connectivity index (χ2v) is 5.38. The molecular formula is C12H17N3O3S. The zero-order chi connectivity index (χ0) is 14.4. The van der Waals surface area contributed by atoms with E-state index >= 15 is 0 Å². The molecule has 6 nitrogen and oxygen atoms in total. The minimum atomic E-state index is -0.572. The van der Waals surface area contributed by atoms with Gasteiger partial charge in [-0.2, -0.15) is 11.8 Å². The number of carbonyl (C=O) groups is 1. The van der Waals surface area contributed by atoms with Crippen LogP contribution in [0.4, 0.5) is 11.4 Å². The highest BCUT2D eigenvalue weighted by Gasteiger charge is 2.15. The molecule has 19 heavy (non-hydrogen) atoms. The fourth-order valence-corrected chi connectivity index (χ4v) is 2.18. The topological polar surface area (TPSA) is 98.3 Å². The molecule has 7 heteroatoms. The molecule has 0 aromatic heterocycles. The van der Waals surface area contributed by atoms with Crippen LogP contribution in [-0.4, -0.2) is 28.4 Å². The fourth-order valence-electron chi connectivity index (χ4n) is 1.51. The van der Waals surface area contributed by atoms with Crippen molar-refractivity contribution in [1.82, 2.24) is 5.32 Å². The molecule has 1 amide bonds. The first-order valence-corrected chi connectivity index (χ1v) is 7.03. The number of nitrogens with one attached hydrogen (secondary N) is 1. The number of thioether (sulfide) groups is 1. The minimum Gasteiger partial charge on any atom is -0.393 e. The third-order valence-electron chi connectivity index (χ3n) is 2.44. The number of hydrogen-bond acceptors (Lipinski definition) is 5. The first kappa shape index (κ1) is 15.3. The highest BCUT2D eigenvalue weighted by Crippen LogP contribution is 2.22. The summed E-state index contributed by atoms with van der Waals surface area (Å²) in [6, 6.07) is 4.01. The van der Waals surface area contributed by atoms with Crippen molar-refractivity contribution in [2.45, 2.75) is 19.9 Å².